The number of esters is 1. The van der Waals surface area contributed by atoms with Gasteiger partial charge in [0.05, 0.1) is 18.6 Å². The molecule has 0 saturated carbocycles. The summed E-state index contributed by atoms with van der Waals surface area (Å²) in [7, 11) is 1.49. The Morgan fingerprint density at radius 1 is 1.24 bits per heavy atom. The minimum atomic E-state index is -0.772. The third-order valence-corrected chi connectivity index (χ3v) is 4.99. The Morgan fingerprint density at radius 2 is 2.00 bits per heavy atom. The molecular weight excluding hydrogens is 397 g/mol. The van der Waals surface area contributed by atoms with Crippen molar-refractivity contribution in [3.8, 4) is 11.5 Å². The van der Waals surface area contributed by atoms with Crippen molar-refractivity contribution >= 4 is 34.5 Å². The maximum Gasteiger partial charge on any atom is 0.344 e. The minimum absolute atomic E-state index is 0.0232. The first-order chi connectivity index (χ1) is 13.9. The van der Waals surface area contributed by atoms with Crippen LogP contribution in [0.4, 0.5) is 10.1 Å². The zero-order valence-electron chi connectivity index (χ0n) is 15.7. The van der Waals surface area contributed by atoms with E-state index in [0.717, 1.165) is 11.8 Å². The molecule has 1 aliphatic heterocycles. The van der Waals surface area contributed by atoms with Gasteiger partial charge in [-0.2, -0.15) is 0 Å². The van der Waals surface area contributed by atoms with Crippen LogP contribution in [0.25, 0.3) is 6.08 Å². The van der Waals surface area contributed by atoms with E-state index < -0.39 is 11.8 Å². The number of thioether (sulfide) groups is 1. The summed E-state index contributed by atoms with van der Waals surface area (Å²) in [5, 5.41) is 20.8. The fourth-order valence-electron chi connectivity index (χ4n) is 2.56. The highest BCUT2D eigenvalue weighted by Gasteiger charge is 2.33. The summed E-state index contributed by atoms with van der Waals surface area (Å²) < 4.78 is 24.2. The Labute approximate surface area is 171 Å². The number of aliphatic hydroxyl groups excluding tert-OH is 1. The number of para-hydroxylation sites is 1. The molecule has 8 heteroatoms. The van der Waals surface area contributed by atoms with Crippen LogP contribution >= 0.6 is 11.8 Å². The summed E-state index contributed by atoms with van der Waals surface area (Å²) in [5.41, 5.74) is 0.234. The normalized spacial score (nSPS) is 16.5. The number of benzene rings is 2. The zero-order valence-corrected chi connectivity index (χ0v) is 16.5. The smallest absolute Gasteiger partial charge is 0.344 e. The van der Waals surface area contributed by atoms with Gasteiger partial charge in [0.25, 0.3) is 0 Å². The zero-order chi connectivity index (χ0) is 21.0. The van der Waals surface area contributed by atoms with Crippen LogP contribution in [0.15, 0.2) is 63.7 Å². The number of nitrogens with zero attached hydrogens (tertiary/aromatic N) is 1. The first-order valence-corrected chi connectivity index (χ1v) is 9.47. The third-order valence-electron chi connectivity index (χ3n) is 3.97. The number of carbonyl (C=O) groups excluding carboxylic acids is 1. The molecule has 1 heterocycles. The Balaban J connectivity index is 2.09. The summed E-state index contributed by atoms with van der Waals surface area (Å²) in [6, 6.07) is 10.5. The molecule has 150 valence electrons. The Bertz CT molecular complexity index is 1050. The van der Waals surface area contributed by atoms with Crippen molar-refractivity contribution in [3.63, 3.8) is 0 Å². The summed E-state index contributed by atoms with van der Waals surface area (Å²) in [6.07, 6.45) is 1.49. The summed E-state index contributed by atoms with van der Waals surface area (Å²) >= 11 is 0.969. The number of hydrogen-bond acceptors (Lipinski definition) is 7. The Kier molecular flexibility index (Phi) is 6.23. The van der Waals surface area contributed by atoms with Gasteiger partial charge in [-0.25, -0.2) is 14.2 Å². The lowest BCUT2D eigenvalue weighted by atomic mass is 10.1. The van der Waals surface area contributed by atoms with Crippen molar-refractivity contribution in [1.29, 1.82) is 0 Å². The van der Waals surface area contributed by atoms with Gasteiger partial charge in [-0.1, -0.05) is 23.9 Å². The fraction of sp³-hybridized carbons (Fsp3) is 0.143. The summed E-state index contributed by atoms with van der Waals surface area (Å²) in [4.78, 5) is 16.8. The number of phenolic OH excluding ortho intramolecular Hbond substituents is 1. The number of halogens is 1. The van der Waals surface area contributed by atoms with Crippen molar-refractivity contribution in [2.45, 2.75) is 6.92 Å². The molecule has 0 aliphatic carbocycles. The summed E-state index contributed by atoms with van der Waals surface area (Å²) in [5.74, 6) is -1.22. The molecule has 0 spiro atoms. The van der Waals surface area contributed by atoms with E-state index >= 15 is 0 Å². The van der Waals surface area contributed by atoms with Gasteiger partial charge in [-0.3, -0.25) is 0 Å². The number of hydrogen-bond donors (Lipinski definition) is 2. The molecule has 0 saturated heterocycles. The highest BCUT2D eigenvalue weighted by molar-refractivity contribution is 8.18. The van der Waals surface area contributed by atoms with Gasteiger partial charge >= 0.3 is 5.97 Å². The average molecular weight is 415 g/mol. The largest absolute Gasteiger partial charge is 0.507 e. The molecule has 2 aromatic rings. The van der Waals surface area contributed by atoms with Crippen LogP contribution in [0.2, 0.25) is 0 Å². The topological polar surface area (TPSA) is 88.4 Å². The standard InChI is InChI=1S/C21H18FNO5S/c1-3-28-21(26)18-19(25)17(11-12-10-13(27-2)8-9-16(12)24)29-20(18)23-15-7-5-4-6-14(15)22/h4-11,24-25H,3H2,1-2H3/b17-11+,23-20?. The molecule has 0 unspecified atom stereocenters. The Hall–Kier alpha value is -3.26. The van der Waals surface area contributed by atoms with E-state index in [-0.39, 0.29) is 39.3 Å². The number of carbonyl (C=O) groups is 1. The third kappa shape index (κ3) is 4.43. The second-order valence-corrected chi connectivity index (χ2v) is 6.88. The van der Waals surface area contributed by atoms with Gasteiger partial charge < -0.3 is 19.7 Å². The van der Waals surface area contributed by atoms with Crippen LogP contribution in [-0.2, 0) is 9.53 Å². The first kappa shape index (κ1) is 20.5. The van der Waals surface area contributed by atoms with Crippen LogP contribution in [0.5, 0.6) is 11.5 Å². The molecule has 1 aliphatic rings. The fourth-order valence-corrected chi connectivity index (χ4v) is 3.58. The molecule has 29 heavy (non-hydrogen) atoms. The predicted molar refractivity (Wildman–Crippen MR) is 110 cm³/mol. The minimum Gasteiger partial charge on any atom is -0.507 e. The number of methoxy groups -OCH3 is 1. The molecule has 2 N–H and O–H groups in total. The quantitative estimate of drug-likeness (QED) is 0.686. The second-order valence-electron chi connectivity index (χ2n) is 5.85. The molecule has 6 nitrogen and oxygen atoms in total. The predicted octanol–water partition coefficient (Wildman–Crippen LogP) is 4.73. The van der Waals surface area contributed by atoms with Gasteiger partial charge in [0.1, 0.15) is 39.4 Å². The molecule has 3 rings (SSSR count). The van der Waals surface area contributed by atoms with E-state index in [4.69, 9.17) is 9.47 Å². The van der Waals surface area contributed by atoms with E-state index in [1.807, 2.05) is 0 Å². The van der Waals surface area contributed by atoms with Crippen LogP contribution in [-0.4, -0.2) is 34.9 Å². The van der Waals surface area contributed by atoms with Crippen LogP contribution in [0, 0.1) is 5.82 Å². The van der Waals surface area contributed by atoms with Gasteiger partial charge in [0.15, 0.2) is 0 Å². The maximum absolute atomic E-state index is 14.0. The van der Waals surface area contributed by atoms with Gasteiger partial charge in [-0.05, 0) is 43.3 Å². The van der Waals surface area contributed by atoms with Gasteiger partial charge in [0, 0.05) is 5.56 Å². The van der Waals surface area contributed by atoms with Crippen molar-refractivity contribution in [1.82, 2.24) is 0 Å². The highest BCUT2D eigenvalue weighted by Crippen LogP contribution is 2.41. The average Bonchev–Trinajstić information content (AvgIpc) is 3.00. The maximum atomic E-state index is 14.0. The number of phenols is 1. The van der Waals surface area contributed by atoms with E-state index in [1.165, 1.54) is 37.5 Å². The molecule has 0 atom stereocenters. The second kappa shape index (κ2) is 8.83. The molecule has 0 radical (unpaired) electrons. The lowest BCUT2D eigenvalue weighted by molar-refractivity contribution is -0.138. The van der Waals surface area contributed by atoms with E-state index in [1.54, 1.807) is 25.1 Å². The van der Waals surface area contributed by atoms with Crippen LogP contribution in [0.1, 0.15) is 12.5 Å². The molecule has 0 fully saturated rings. The summed E-state index contributed by atoms with van der Waals surface area (Å²) in [6.45, 7) is 1.74. The Morgan fingerprint density at radius 3 is 2.69 bits per heavy atom. The molecule has 2 aromatic carbocycles. The molecule has 0 aromatic heterocycles. The van der Waals surface area contributed by atoms with Gasteiger partial charge in [-0.15, -0.1) is 0 Å². The molecule has 0 bridgehead atoms. The lowest BCUT2D eigenvalue weighted by Gasteiger charge is -2.04. The lowest BCUT2D eigenvalue weighted by Crippen LogP contribution is -2.12. The van der Waals surface area contributed by atoms with Crippen molar-refractivity contribution < 1.29 is 28.9 Å². The number of ether oxygens (including phenoxy) is 2. The molecular formula is C21H18FNO5S. The van der Waals surface area contributed by atoms with Gasteiger partial charge in [0.2, 0.25) is 0 Å². The van der Waals surface area contributed by atoms with Crippen LogP contribution in [0.3, 0.4) is 0 Å². The van der Waals surface area contributed by atoms with E-state index in [0.29, 0.717) is 11.3 Å². The number of aliphatic imine (C=N–C) groups is 1. The first-order valence-electron chi connectivity index (χ1n) is 8.65. The monoisotopic (exact) mass is 415 g/mol. The SMILES string of the molecule is CCOC(=O)C1=C(O)/C(=C\c2cc(OC)ccc2O)SC1=Nc1ccccc1F. The van der Waals surface area contributed by atoms with E-state index in [2.05, 4.69) is 4.99 Å². The van der Waals surface area contributed by atoms with Crippen LogP contribution < -0.4 is 4.74 Å². The van der Waals surface area contributed by atoms with Crippen molar-refractivity contribution in [2.24, 2.45) is 4.99 Å². The highest BCUT2D eigenvalue weighted by atomic mass is 32.2. The molecule has 0 amide bonds. The van der Waals surface area contributed by atoms with Crippen molar-refractivity contribution in [2.75, 3.05) is 13.7 Å². The number of aliphatic hydroxyl groups is 1. The number of rotatable bonds is 5. The number of aromatic hydroxyl groups is 1. The van der Waals surface area contributed by atoms with E-state index in [9.17, 15) is 19.4 Å². The van der Waals surface area contributed by atoms with Crippen molar-refractivity contribution in [3.05, 3.63) is 70.1 Å².